The average molecular weight is 504 g/mol. The van der Waals surface area contributed by atoms with Crippen molar-refractivity contribution in [2.24, 2.45) is 0 Å². The molecular formula is C24H26BrNO4S. The van der Waals surface area contributed by atoms with Crippen LogP contribution in [0.15, 0.2) is 64.0 Å². The highest BCUT2D eigenvalue weighted by atomic mass is 79.9. The maximum atomic E-state index is 12.8. The van der Waals surface area contributed by atoms with Gasteiger partial charge in [0.05, 0.1) is 11.1 Å². The first-order chi connectivity index (χ1) is 14.7. The van der Waals surface area contributed by atoms with Gasteiger partial charge in [-0.25, -0.2) is 0 Å². The van der Waals surface area contributed by atoms with Crippen LogP contribution in [0.3, 0.4) is 0 Å². The summed E-state index contributed by atoms with van der Waals surface area (Å²) in [7, 11) is -4.00. The van der Waals surface area contributed by atoms with E-state index in [-0.39, 0.29) is 10.6 Å². The molecule has 0 bridgehead atoms. The smallest absolute Gasteiger partial charge is 0.339 e. The number of ether oxygens (including phenoxy) is 1. The molecule has 0 heterocycles. The van der Waals surface area contributed by atoms with Crippen molar-refractivity contribution in [2.75, 3.05) is 11.9 Å². The van der Waals surface area contributed by atoms with Crippen molar-refractivity contribution >= 4 is 31.7 Å². The molecule has 3 rings (SSSR count). The number of hydrogen-bond donors (Lipinski definition) is 1. The predicted octanol–water partition coefficient (Wildman–Crippen LogP) is 6.15. The lowest BCUT2D eigenvalue weighted by molar-refractivity contribution is 0.326. The average Bonchev–Trinajstić information content (AvgIpc) is 2.71. The molecule has 3 aromatic rings. The van der Waals surface area contributed by atoms with E-state index in [0.717, 1.165) is 22.4 Å². The number of anilines is 1. The summed E-state index contributed by atoms with van der Waals surface area (Å²) in [5, 5.41) is 3.43. The van der Waals surface area contributed by atoms with Crippen LogP contribution in [0.4, 0.5) is 5.69 Å². The molecule has 0 aliphatic heterocycles. The van der Waals surface area contributed by atoms with Crippen LogP contribution in [0.1, 0.15) is 29.2 Å². The second-order valence-corrected chi connectivity index (χ2v) is 9.76. The normalized spacial score (nSPS) is 11.3. The molecule has 0 radical (unpaired) electrons. The van der Waals surface area contributed by atoms with E-state index < -0.39 is 10.1 Å². The maximum absolute atomic E-state index is 12.8. The van der Waals surface area contributed by atoms with Crippen LogP contribution in [0.5, 0.6) is 11.5 Å². The third-order valence-corrected chi connectivity index (χ3v) is 6.57. The molecule has 3 aromatic carbocycles. The fourth-order valence-electron chi connectivity index (χ4n) is 3.05. The van der Waals surface area contributed by atoms with Gasteiger partial charge in [-0.15, -0.1) is 0 Å². The van der Waals surface area contributed by atoms with Gasteiger partial charge in [0.1, 0.15) is 4.90 Å². The maximum Gasteiger partial charge on any atom is 0.339 e. The monoisotopic (exact) mass is 503 g/mol. The summed E-state index contributed by atoms with van der Waals surface area (Å²) in [4.78, 5) is 0.0908. The quantitative estimate of drug-likeness (QED) is 0.373. The van der Waals surface area contributed by atoms with Crippen molar-refractivity contribution in [1.82, 2.24) is 0 Å². The molecule has 7 heteroatoms. The molecular weight excluding hydrogens is 478 g/mol. The van der Waals surface area contributed by atoms with Crippen LogP contribution < -0.4 is 14.2 Å². The topological polar surface area (TPSA) is 64.6 Å². The first-order valence-corrected chi connectivity index (χ1v) is 12.2. The van der Waals surface area contributed by atoms with E-state index in [1.165, 1.54) is 17.7 Å². The van der Waals surface area contributed by atoms with Crippen molar-refractivity contribution in [1.29, 1.82) is 0 Å². The van der Waals surface area contributed by atoms with Crippen molar-refractivity contribution < 1.29 is 17.3 Å². The molecule has 0 amide bonds. The highest BCUT2D eigenvalue weighted by Crippen LogP contribution is 2.39. The van der Waals surface area contributed by atoms with E-state index in [2.05, 4.69) is 53.3 Å². The molecule has 0 fully saturated rings. The first kappa shape index (κ1) is 23.2. The lowest BCUT2D eigenvalue weighted by atomic mass is 10.1. The second-order valence-electron chi connectivity index (χ2n) is 7.36. The molecule has 0 aliphatic rings. The molecule has 5 nitrogen and oxygen atoms in total. The number of halogens is 1. The van der Waals surface area contributed by atoms with Gasteiger partial charge in [-0.3, -0.25) is 0 Å². The molecule has 31 heavy (non-hydrogen) atoms. The van der Waals surface area contributed by atoms with Crippen molar-refractivity contribution in [3.8, 4) is 11.5 Å². The summed E-state index contributed by atoms with van der Waals surface area (Å²) in [6.07, 6.45) is 0. The summed E-state index contributed by atoms with van der Waals surface area (Å²) in [6, 6.07) is 16.4. The fraction of sp³-hybridized carbons (Fsp3) is 0.250. The van der Waals surface area contributed by atoms with Gasteiger partial charge in [0.25, 0.3) is 0 Å². The number of benzene rings is 3. The Morgan fingerprint density at radius 1 is 0.935 bits per heavy atom. The Balaban J connectivity index is 1.88. The van der Waals surface area contributed by atoms with E-state index in [4.69, 9.17) is 8.92 Å². The third-order valence-electron chi connectivity index (χ3n) is 4.75. The van der Waals surface area contributed by atoms with Gasteiger partial charge in [-0.1, -0.05) is 29.8 Å². The Kier molecular flexibility index (Phi) is 7.28. The highest BCUT2D eigenvalue weighted by Gasteiger charge is 2.22. The minimum atomic E-state index is -4.00. The molecule has 0 unspecified atom stereocenters. The Hall–Kier alpha value is -2.51. The van der Waals surface area contributed by atoms with E-state index >= 15 is 0 Å². The summed E-state index contributed by atoms with van der Waals surface area (Å²) >= 11 is 3.46. The first-order valence-electron chi connectivity index (χ1n) is 9.97. The van der Waals surface area contributed by atoms with Gasteiger partial charge in [0.15, 0.2) is 11.5 Å². The molecule has 1 N–H and O–H groups in total. The SMILES string of the molecule is CCOc1cc(CNc2cc(C)ccc2C)cc(Br)c1OS(=O)(=O)c1ccc(C)cc1. The summed E-state index contributed by atoms with van der Waals surface area (Å²) in [5.41, 5.74) is 5.27. The van der Waals surface area contributed by atoms with Gasteiger partial charge in [-0.05, 0) is 90.6 Å². The van der Waals surface area contributed by atoms with Gasteiger partial charge in [0.2, 0.25) is 0 Å². The van der Waals surface area contributed by atoms with Crippen LogP contribution in [0.25, 0.3) is 0 Å². The molecule has 0 atom stereocenters. The van der Waals surface area contributed by atoms with Crippen LogP contribution in [0, 0.1) is 20.8 Å². The minimum absolute atomic E-state index is 0.0908. The predicted molar refractivity (Wildman–Crippen MR) is 128 cm³/mol. The van der Waals surface area contributed by atoms with Gasteiger partial charge in [0, 0.05) is 12.2 Å². The van der Waals surface area contributed by atoms with E-state index in [9.17, 15) is 8.42 Å². The van der Waals surface area contributed by atoms with Crippen molar-refractivity contribution in [3.63, 3.8) is 0 Å². The van der Waals surface area contributed by atoms with Gasteiger partial charge >= 0.3 is 10.1 Å². The van der Waals surface area contributed by atoms with Gasteiger partial charge < -0.3 is 14.2 Å². The third kappa shape index (κ3) is 5.80. The van der Waals surface area contributed by atoms with E-state index in [1.807, 2.05) is 19.9 Å². The molecule has 0 aromatic heterocycles. The van der Waals surface area contributed by atoms with Crippen molar-refractivity contribution in [2.45, 2.75) is 39.1 Å². The van der Waals surface area contributed by atoms with E-state index in [1.54, 1.807) is 18.2 Å². The van der Waals surface area contributed by atoms with Crippen LogP contribution in [-0.4, -0.2) is 15.0 Å². The molecule has 0 saturated heterocycles. The lowest BCUT2D eigenvalue weighted by Gasteiger charge is -2.16. The second kappa shape index (κ2) is 9.75. The minimum Gasteiger partial charge on any atom is -0.490 e. The Labute approximate surface area is 192 Å². The zero-order chi connectivity index (χ0) is 22.6. The summed E-state index contributed by atoms with van der Waals surface area (Å²) in [5.74, 6) is 0.503. The number of hydrogen-bond acceptors (Lipinski definition) is 5. The fourth-order valence-corrected chi connectivity index (χ4v) is 4.69. The largest absolute Gasteiger partial charge is 0.490 e. The molecule has 0 spiro atoms. The molecule has 0 saturated carbocycles. The van der Waals surface area contributed by atoms with E-state index in [0.29, 0.717) is 23.4 Å². The zero-order valence-electron chi connectivity index (χ0n) is 18.0. The number of nitrogens with one attached hydrogen (secondary N) is 1. The summed E-state index contributed by atoms with van der Waals surface area (Å²) < 4.78 is 37.2. The Morgan fingerprint density at radius 3 is 2.29 bits per heavy atom. The molecule has 0 aliphatic carbocycles. The summed E-state index contributed by atoms with van der Waals surface area (Å²) in [6.45, 7) is 8.76. The Morgan fingerprint density at radius 2 is 1.61 bits per heavy atom. The van der Waals surface area contributed by atoms with Crippen LogP contribution in [-0.2, 0) is 16.7 Å². The molecule has 164 valence electrons. The number of rotatable bonds is 8. The highest BCUT2D eigenvalue weighted by molar-refractivity contribution is 9.10. The Bertz CT molecular complexity index is 1170. The standard InChI is InChI=1S/C24H26BrNO4S/c1-5-29-23-14-19(15-26-22-12-17(3)6-9-18(22)4)13-21(25)24(23)30-31(27,28)20-10-7-16(2)8-11-20/h6-14,26H,5,15H2,1-4H3. The van der Waals surface area contributed by atoms with Crippen molar-refractivity contribution in [3.05, 3.63) is 81.3 Å². The zero-order valence-corrected chi connectivity index (χ0v) is 20.4. The van der Waals surface area contributed by atoms with Gasteiger partial charge in [-0.2, -0.15) is 8.42 Å². The lowest BCUT2D eigenvalue weighted by Crippen LogP contribution is -2.12. The van der Waals surface area contributed by atoms with Crippen LogP contribution in [0.2, 0.25) is 0 Å². The van der Waals surface area contributed by atoms with Crippen LogP contribution >= 0.6 is 15.9 Å². The number of aryl methyl sites for hydroxylation is 3.